The van der Waals surface area contributed by atoms with Crippen LogP contribution < -0.4 is 11.1 Å². The molecule has 0 aliphatic rings. The molecule has 0 atom stereocenters. The molecule has 0 bridgehead atoms. The minimum atomic E-state index is -0.212. The Kier molecular flexibility index (Phi) is 4.93. The van der Waals surface area contributed by atoms with Crippen molar-refractivity contribution < 1.29 is 9.90 Å². The van der Waals surface area contributed by atoms with Crippen LogP contribution in [-0.2, 0) is 11.2 Å². The zero-order valence-electron chi connectivity index (χ0n) is 11.0. The van der Waals surface area contributed by atoms with Gasteiger partial charge in [-0.2, -0.15) is 0 Å². The van der Waals surface area contributed by atoms with Crippen molar-refractivity contribution in [1.82, 2.24) is 0 Å². The van der Waals surface area contributed by atoms with E-state index >= 15 is 0 Å². The number of aromatic hydroxyl groups is 1. The third-order valence-corrected chi connectivity index (χ3v) is 3.51. The predicted octanol–water partition coefficient (Wildman–Crippen LogP) is 2.97. The Bertz CT molecular complexity index is 704. The van der Waals surface area contributed by atoms with E-state index in [0.717, 1.165) is 10.0 Å². The number of anilines is 1. The lowest BCUT2D eigenvalue weighted by Crippen LogP contribution is -2.19. The molecule has 4 nitrogen and oxygen atoms in total. The van der Waals surface area contributed by atoms with Crippen molar-refractivity contribution >= 4 is 44.7 Å². The molecule has 0 spiro atoms. The van der Waals surface area contributed by atoms with E-state index in [9.17, 15) is 9.90 Å². The Hall–Kier alpha value is -1.92. The van der Waals surface area contributed by atoms with Crippen LogP contribution in [0.2, 0.25) is 0 Å². The van der Waals surface area contributed by atoms with E-state index in [2.05, 4.69) is 21.2 Å². The number of nitrogens with two attached hydrogens (primary N) is 1. The summed E-state index contributed by atoms with van der Waals surface area (Å²) in [5, 5.41) is 12.2. The van der Waals surface area contributed by atoms with E-state index < -0.39 is 0 Å². The number of hydrogen-bond acceptors (Lipinski definition) is 3. The minimum Gasteiger partial charge on any atom is -0.508 e. The van der Waals surface area contributed by atoms with E-state index in [1.54, 1.807) is 42.5 Å². The van der Waals surface area contributed by atoms with E-state index in [4.69, 9.17) is 18.0 Å². The molecular formula is C15H13BrN2O2S. The van der Waals surface area contributed by atoms with Gasteiger partial charge in [-0.1, -0.05) is 40.3 Å². The van der Waals surface area contributed by atoms with E-state index in [1.165, 1.54) is 0 Å². The predicted molar refractivity (Wildman–Crippen MR) is 90.5 cm³/mol. The first kappa shape index (κ1) is 15.5. The summed E-state index contributed by atoms with van der Waals surface area (Å²) in [5.74, 6) is -0.0808. The summed E-state index contributed by atoms with van der Waals surface area (Å²) in [4.78, 5) is 12.3. The molecule has 0 saturated heterocycles. The molecule has 21 heavy (non-hydrogen) atoms. The fourth-order valence-corrected chi connectivity index (χ4v) is 2.42. The number of phenols is 1. The molecule has 0 radical (unpaired) electrons. The molecule has 0 saturated carbocycles. The molecule has 6 heteroatoms. The Labute approximate surface area is 136 Å². The van der Waals surface area contributed by atoms with Gasteiger partial charge < -0.3 is 16.2 Å². The Morgan fingerprint density at radius 1 is 1.29 bits per heavy atom. The summed E-state index contributed by atoms with van der Waals surface area (Å²) in [6.45, 7) is 0. The number of nitrogens with one attached hydrogen (secondary N) is 1. The standard InChI is InChI=1S/C15H13BrN2O2S/c16-10-4-5-12(15(17)21)13(8-10)18-14(20)7-9-2-1-3-11(19)6-9/h1-6,8,19H,7H2,(H2,17,21)(H,18,20). The largest absolute Gasteiger partial charge is 0.508 e. The first-order valence-electron chi connectivity index (χ1n) is 6.13. The highest BCUT2D eigenvalue weighted by Gasteiger charge is 2.10. The van der Waals surface area contributed by atoms with Gasteiger partial charge in [0.1, 0.15) is 10.7 Å². The molecule has 2 rings (SSSR count). The van der Waals surface area contributed by atoms with Crippen LogP contribution in [0.1, 0.15) is 11.1 Å². The number of amides is 1. The molecule has 4 N–H and O–H groups in total. The number of thiocarbonyl (C=S) groups is 1. The normalized spacial score (nSPS) is 10.1. The highest BCUT2D eigenvalue weighted by atomic mass is 79.9. The van der Waals surface area contributed by atoms with Crippen LogP contribution in [0.4, 0.5) is 5.69 Å². The van der Waals surface area contributed by atoms with Crippen LogP contribution in [0.5, 0.6) is 5.75 Å². The number of phenolic OH excluding ortho intramolecular Hbond substituents is 1. The zero-order valence-corrected chi connectivity index (χ0v) is 13.4. The number of benzene rings is 2. The monoisotopic (exact) mass is 364 g/mol. The van der Waals surface area contributed by atoms with Gasteiger partial charge in [-0.3, -0.25) is 4.79 Å². The molecule has 108 valence electrons. The average molecular weight is 365 g/mol. The van der Waals surface area contributed by atoms with Crippen molar-refractivity contribution in [2.75, 3.05) is 5.32 Å². The van der Waals surface area contributed by atoms with Crippen LogP contribution in [0.15, 0.2) is 46.9 Å². The van der Waals surface area contributed by atoms with Crippen molar-refractivity contribution in [3.05, 3.63) is 58.1 Å². The fraction of sp³-hybridized carbons (Fsp3) is 0.0667. The average Bonchev–Trinajstić information content (AvgIpc) is 2.38. The first-order valence-corrected chi connectivity index (χ1v) is 7.33. The lowest BCUT2D eigenvalue weighted by atomic mass is 10.1. The summed E-state index contributed by atoms with van der Waals surface area (Å²) in [6.07, 6.45) is 0.150. The maximum Gasteiger partial charge on any atom is 0.228 e. The summed E-state index contributed by atoms with van der Waals surface area (Å²) in [7, 11) is 0. The van der Waals surface area contributed by atoms with E-state index in [0.29, 0.717) is 11.3 Å². The lowest BCUT2D eigenvalue weighted by Gasteiger charge is -2.11. The van der Waals surface area contributed by atoms with Gasteiger partial charge >= 0.3 is 0 Å². The second kappa shape index (κ2) is 6.69. The molecule has 1 amide bonds. The fourth-order valence-electron chi connectivity index (χ4n) is 1.88. The maximum atomic E-state index is 12.1. The Morgan fingerprint density at radius 3 is 2.71 bits per heavy atom. The van der Waals surface area contributed by atoms with Gasteiger partial charge in [-0.15, -0.1) is 0 Å². The van der Waals surface area contributed by atoms with Crippen LogP contribution in [0.25, 0.3) is 0 Å². The van der Waals surface area contributed by atoms with Crippen LogP contribution >= 0.6 is 28.1 Å². The smallest absolute Gasteiger partial charge is 0.228 e. The van der Waals surface area contributed by atoms with Crippen molar-refractivity contribution in [2.45, 2.75) is 6.42 Å². The van der Waals surface area contributed by atoms with Crippen molar-refractivity contribution in [1.29, 1.82) is 0 Å². The quantitative estimate of drug-likeness (QED) is 0.729. The summed E-state index contributed by atoms with van der Waals surface area (Å²) in [6, 6.07) is 11.9. The van der Waals surface area contributed by atoms with E-state index in [-0.39, 0.29) is 23.1 Å². The van der Waals surface area contributed by atoms with Gasteiger partial charge in [0.15, 0.2) is 0 Å². The first-order chi connectivity index (χ1) is 9.95. The summed E-state index contributed by atoms with van der Waals surface area (Å²) in [5.41, 5.74) is 7.53. The maximum absolute atomic E-state index is 12.1. The van der Waals surface area contributed by atoms with Gasteiger partial charge in [-0.05, 0) is 35.9 Å². The Morgan fingerprint density at radius 2 is 2.05 bits per heavy atom. The molecular weight excluding hydrogens is 352 g/mol. The molecule has 0 heterocycles. The minimum absolute atomic E-state index is 0.131. The van der Waals surface area contributed by atoms with Crippen LogP contribution in [-0.4, -0.2) is 16.0 Å². The van der Waals surface area contributed by atoms with Gasteiger partial charge in [0.2, 0.25) is 5.91 Å². The second-order valence-electron chi connectivity index (χ2n) is 4.45. The molecule has 0 aliphatic heterocycles. The summed E-state index contributed by atoms with van der Waals surface area (Å²) >= 11 is 8.31. The van der Waals surface area contributed by atoms with Crippen LogP contribution in [0, 0.1) is 0 Å². The van der Waals surface area contributed by atoms with Crippen molar-refractivity contribution in [3.63, 3.8) is 0 Å². The third-order valence-electron chi connectivity index (χ3n) is 2.80. The number of carbonyl (C=O) groups is 1. The van der Waals surface area contributed by atoms with Crippen molar-refractivity contribution in [3.8, 4) is 5.75 Å². The van der Waals surface area contributed by atoms with Crippen molar-refractivity contribution in [2.24, 2.45) is 5.73 Å². The molecule has 0 unspecified atom stereocenters. The van der Waals surface area contributed by atoms with Gasteiger partial charge in [0, 0.05) is 10.0 Å². The van der Waals surface area contributed by atoms with Gasteiger partial charge in [-0.25, -0.2) is 0 Å². The molecule has 2 aromatic carbocycles. The number of rotatable bonds is 4. The SMILES string of the molecule is NC(=S)c1ccc(Br)cc1NC(=O)Cc1cccc(O)c1. The highest BCUT2D eigenvalue weighted by Crippen LogP contribution is 2.22. The highest BCUT2D eigenvalue weighted by molar-refractivity contribution is 9.10. The molecule has 2 aromatic rings. The number of carbonyl (C=O) groups excluding carboxylic acids is 1. The molecule has 0 aromatic heterocycles. The topological polar surface area (TPSA) is 75.3 Å². The third kappa shape index (κ3) is 4.27. The Balaban J connectivity index is 2.16. The number of halogens is 1. The van der Waals surface area contributed by atoms with E-state index in [1.807, 2.05) is 0 Å². The molecule has 0 aliphatic carbocycles. The number of hydrogen-bond donors (Lipinski definition) is 3. The second-order valence-corrected chi connectivity index (χ2v) is 5.80. The van der Waals surface area contributed by atoms with Crippen LogP contribution in [0.3, 0.4) is 0 Å². The zero-order chi connectivity index (χ0) is 15.4. The van der Waals surface area contributed by atoms with Gasteiger partial charge in [0.25, 0.3) is 0 Å². The van der Waals surface area contributed by atoms with Gasteiger partial charge in [0.05, 0.1) is 12.1 Å². The lowest BCUT2D eigenvalue weighted by molar-refractivity contribution is -0.115. The molecule has 0 fully saturated rings. The summed E-state index contributed by atoms with van der Waals surface area (Å²) < 4.78 is 0.815.